The molecule has 0 aliphatic carbocycles. The highest BCUT2D eigenvalue weighted by molar-refractivity contribution is 7.92. The maximum Gasteiger partial charge on any atom is 0.335 e. The molecule has 1 saturated heterocycles. The minimum atomic E-state index is -3.43. The summed E-state index contributed by atoms with van der Waals surface area (Å²) in [7, 11) is -3.43. The van der Waals surface area contributed by atoms with Gasteiger partial charge in [-0.15, -0.1) is 0 Å². The summed E-state index contributed by atoms with van der Waals surface area (Å²) in [6.07, 6.45) is 2.87. The molecule has 11 heteroatoms. The molecule has 0 amide bonds. The summed E-state index contributed by atoms with van der Waals surface area (Å²) in [5.74, 6) is -0.986. The van der Waals surface area contributed by atoms with Crippen molar-refractivity contribution < 1.29 is 18.3 Å². The van der Waals surface area contributed by atoms with E-state index in [2.05, 4.69) is 21.1 Å². The van der Waals surface area contributed by atoms with Gasteiger partial charge in [0.1, 0.15) is 0 Å². The van der Waals surface area contributed by atoms with Crippen LogP contribution in [-0.2, 0) is 10.0 Å². The first kappa shape index (κ1) is 27.4. The molecule has 1 aliphatic rings. The number of carboxylic acids is 1. The van der Waals surface area contributed by atoms with Crippen molar-refractivity contribution in [1.82, 2.24) is 14.9 Å². The standard InChI is InChI=1S/C29H29N5O4S2/c1-17-14-22(11-12-24(17)32-40(4,37)38)34-27(26(31-29(34)39)25-10-5-6-13-30-25)23-15-18(2)33(19(23)3)21-9-7-8-20(16-21)28(35)36/h5-16,26-27,32H,1-4H3,(H,31,39)(H,35,36)/t26-,27-/m0/s1. The summed E-state index contributed by atoms with van der Waals surface area (Å²) in [6.45, 7) is 5.84. The minimum absolute atomic E-state index is 0.210. The Morgan fingerprint density at radius 3 is 2.45 bits per heavy atom. The highest BCUT2D eigenvalue weighted by Gasteiger charge is 2.42. The van der Waals surface area contributed by atoms with Crippen LogP contribution in [0.25, 0.3) is 5.69 Å². The van der Waals surface area contributed by atoms with Crippen LogP contribution in [0.2, 0.25) is 0 Å². The summed E-state index contributed by atoms with van der Waals surface area (Å²) < 4.78 is 28.3. The third-order valence-electron chi connectivity index (χ3n) is 7.02. The molecule has 2 atom stereocenters. The van der Waals surface area contributed by atoms with Crippen LogP contribution in [0.4, 0.5) is 11.4 Å². The third-order valence-corrected chi connectivity index (χ3v) is 7.93. The van der Waals surface area contributed by atoms with Crippen LogP contribution < -0.4 is 14.9 Å². The molecular weight excluding hydrogens is 546 g/mol. The van der Waals surface area contributed by atoms with Crippen LogP contribution in [0.1, 0.15) is 50.7 Å². The molecular formula is C29H29N5O4S2. The van der Waals surface area contributed by atoms with E-state index in [4.69, 9.17) is 12.2 Å². The molecule has 3 heterocycles. The Labute approximate surface area is 238 Å². The molecule has 2 aromatic carbocycles. The fourth-order valence-electron chi connectivity index (χ4n) is 5.32. The first-order chi connectivity index (χ1) is 18.9. The maximum atomic E-state index is 11.8. The molecule has 3 N–H and O–H groups in total. The Kier molecular flexibility index (Phi) is 7.11. The number of hydrogen-bond acceptors (Lipinski definition) is 5. The Morgan fingerprint density at radius 2 is 1.80 bits per heavy atom. The first-order valence-corrected chi connectivity index (χ1v) is 14.9. The van der Waals surface area contributed by atoms with E-state index < -0.39 is 16.0 Å². The SMILES string of the molecule is Cc1cc(N2C(=S)N[C@@H](c3ccccn3)[C@@H]2c2cc(C)n(-c3cccc(C(=O)O)c3)c2C)ccc1NS(C)(=O)=O. The predicted molar refractivity (Wildman–Crippen MR) is 160 cm³/mol. The monoisotopic (exact) mass is 575 g/mol. The number of thiocarbonyl (C=S) groups is 1. The van der Waals surface area contributed by atoms with E-state index in [1.54, 1.807) is 30.5 Å². The lowest BCUT2D eigenvalue weighted by molar-refractivity contribution is 0.0697. The van der Waals surface area contributed by atoms with Gasteiger partial charge in [-0.05, 0) is 98.7 Å². The van der Waals surface area contributed by atoms with Gasteiger partial charge in [-0.2, -0.15) is 0 Å². The number of nitrogens with one attached hydrogen (secondary N) is 2. The zero-order chi connectivity index (χ0) is 28.8. The van der Waals surface area contributed by atoms with Crippen molar-refractivity contribution in [3.63, 3.8) is 0 Å². The molecule has 40 heavy (non-hydrogen) atoms. The van der Waals surface area contributed by atoms with Gasteiger partial charge in [0.2, 0.25) is 10.0 Å². The molecule has 4 aromatic rings. The molecule has 0 saturated carbocycles. The van der Waals surface area contributed by atoms with Crippen LogP contribution >= 0.6 is 12.2 Å². The number of aryl methyl sites for hydroxylation is 2. The van der Waals surface area contributed by atoms with Gasteiger partial charge in [-0.3, -0.25) is 9.71 Å². The zero-order valence-electron chi connectivity index (χ0n) is 22.4. The van der Waals surface area contributed by atoms with E-state index in [1.165, 1.54) is 0 Å². The van der Waals surface area contributed by atoms with Crippen LogP contribution in [0.3, 0.4) is 0 Å². The van der Waals surface area contributed by atoms with Gasteiger partial charge < -0.3 is 19.9 Å². The second-order valence-electron chi connectivity index (χ2n) is 9.89. The number of nitrogens with zero attached hydrogens (tertiary/aromatic N) is 3. The van der Waals surface area contributed by atoms with Gasteiger partial charge in [0.05, 0.1) is 35.3 Å². The Morgan fingerprint density at radius 1 is 1.02 bits per heavy atom. The van der Waals surface area contributed by atoms with E-state index in [-0.39, 0.29) is 17.6 Å². The fraction of sp³-hybridized carbons (Fsp3) is 0.207. The van der Waals surface area contributed by atoms with Gasteiger partial charge in [-0.25, -0.2) is 13.2 Å². The number of aromatic carboxylic acids is 1. The lowest BCUT2D eigenvalue weighted by Gasteiger charge is -2.29. The number of aromatic nitrogens is 2. The summed E-state index contributed by atoms with van der Waals surface area (Å²) in [4.78, 5) is 18.3. The number of carbonyl (C=O) groups is 1. The Hall–Kier alpha value is -4.22. The number of anilines is 2. The number of hydrogen-bond donors (Lipinski definition) is 3. The highest BCUT2D eigenvalue weighted by atomic mass is 32.2. The molecule has 2 aromatic heterocycles. The normalized spacial score (nSPS) is 17.1. The lowest BCUT2D eigenvalue weighted by Crippen LogP contribution is -2.29. The summed E-state index contributed by atoms with van der Waals surface area (Å²) in [5.41, 5.74) is 6.71. The summed E-state index contributed by atoms with van der Waals surface area (Å²) >= 11 is 5.87. The fourth-order valence-corrected chi connectivity index (χ4v) is 6.30. The van der Waals surface area contributed by atoms with E-state index >= 15 is 0 Å². The van der Waals surface area contributed by atoms with Crippen molar-refractivity contribution >= 4 is 44.7 Å². The number of carboxylic acid groups (broad SMARTS) is 1. The lowest BCUT2D eigenvalue weighted by atomic mass is 9.96. The van der Waals surface area contributed by atoms with E-state index in [9.17, 15) is 18.3 Å². The second-order valence-corrected chi connectivity index (χ2v) is 12.0. The van der Waals surface area contributed by atoms with Gasteiger partial charge >= 0.3 is 5.97 Å². The molecule has 0 unspecified atom stereocenters. The van der Waals surface area contributed by atoms with Crippen molar-refractivity contribution in [3.05, 3.63) is 107 Å². The number of rotatable bonds is 7. The van der Waals surface area contributed by atoms with Crippen molar-refractivity contribution in [2.45, 2.75) is 32.9 Å². The maximum absolute atomic E-state index is 11.8. The summed E-state index contributed by atoms with van der Waals surface area (Å²) in [5, 5.41) is 13.5. The van der Waals surface area contributed by atoms with Crippen molar-refractivity contribution in [2.75, 3.05) is 15.9 Å². The molecule has 0 radical (unpaired) electrons. The van der Waals surface area contributed by atoms with Crippen LogP contribution in [0, 0.1) is 20.8 Å². The van der Waals surface area contributed by atoms with Crippen LogP contribution in [0.15, 0.2) is 72.9 Å². The molecule has 5 rings (SSSR count). The van der Waals surface area contributed by atoms with Crippen LogP contribution in [-0.4, -0.2) is 40.4 Å². The van der Waals surface area contributed by atoms with Gasteiger partial charge in [-0.1, -0.05) is 12.1 Å². The van der Waals surface area contributed by atoms with Crippen molar-refractivity contribution in [1.29, 1.82) is 0 Å². The highest BCUT2D eigenvalue weighted by Crippen LogP contribution is 2.44. The Bertz CT molecular complexity index is 1730. The second kappa shape index (κ2) is 10.4. The van der Waals surface area contributed by atoms with Gasteiger partial charge in [0, 0.05) is 29.0 Å². The van der Waals surface area contributed by atoms with Crippen molar-refractivity contribution in [3.8, 4) is 5.69 Å². The smallest absolute Gasteiger partial charge is 0.335 e. The molecule has 0 bridgehead atoms. The number of benzene rings is 2. The molecule has 1 fully saturated rings. The number of sulfonamides is 1. The minimum Gasteiger partial charge on any atom is -0.478 e. The predicted octanol–water partition coefficient (Wildman–Crippen LogP) is 5.04. The van der Waals surface area contributed by atoms with E-state index in [1.807, 2.05) is 66.6 Å². The molecule has 0 spiro atoms. The van der Waals surface area contributed by atoms with Crippen LogP contribution in [0.5, 0.6) is 0 Å². The molecule has 206 valence electrons. The van der Waals surface area contributed by atoms with E-state index in [0.29, 0.717) is 10.8 Å². The quantitative estimate of drug-likeness (QED) is 0.262. The van der Waals surface area contributed by atoms with Gasteiger partial charge in [0.25, 0.3) is 0 Å². The zero-order valence-corrected chi connectivity index (χ0v) is 24.0. The van der Waals surface area contributed by atoms with Crippen molar-refractivity contribution in [2.24, 2.45) is 0 Å². The first-order valence-electron chi connectivity index (χ1n) is 12.6. The van der Waals surface area contributed by atoms with Gasteiger partial charge in [0.15, 0.2) is 5.11 Å². The summed E-state index contributed by atoms with van der Waals surface area (Å²) in [6, 6.07) is 19.6. The Balaban J connectivity index is 1.65. The number of pyridine rings is 1. The third kappa shape index (κ3) is 5.17. The molecule has 9 nitrogen and oxygen atoms in total. The topological polar surface area (TPSA) is 117 Å². The average Bonchev–Trinajstić information content (AvgIpc) is 3.40. The average molecular weight is 576 g/mol. The largest absolute Gasteiger partial charge is 0.478 e. The van der Waals surface area contributed by atoms with E-state index in [0.717, 1.165) is 45.8 Å². The molecule has 1 aliphatic heterocycles.